The largest absolute Gasteiger partial charge is 0.367 e. The molecule has 27 heavy (non-hydrogen) atoms. The Kier molecular flexibility index (Phi) is 6.13. The van der Waals surface area contributed by atoms with Crippen LogP contribution in [0.3, 0.4) is 0 Å². The van der Waals surface area contributed by atoms with Crippen LogP contribution in [-0.2, 0) is 4.79 Å². The third-order valence-electron chi connectivity index (χ3n) is 5.31. The minimum atomic E-state index is -0.550. The number of nitrogens with two attached hydrogens (primary N) is 1. The molecule has 8 heteroatoms. The van der Waals surface area contributed by atoms with Crippen molar-refractivity contribution in [2.45, 2.75) is 64.5 Å². The molecule has 0 spiro atoms. The van der Waals surface area contributed by atoms with Crippen LogP contribution in [-0.4, -0.2) is 51.9 Å². The van der Waals surface area contributed by atoms with Gasteiger partial charge in [0.05, 0.1) is 5.56 Å². The second-order valence-corrected chi connectivity index (χ2v) is 7.84. The Bertz CT molecular complexity index is 679. The molecule has 1 aliphatic heterocycles. The molecule has 8 nitrogen and oxygen atoms in total. The number of carbonyl (C=O) groups is 2. The molecule has 0 atom stereocenters. The minimum absolute atomic E-state index is 0.125. The molecular weight excluding hydrogens is 344 g/mol. The van der Waals surface area contributed by atoms with Crippen LogP contribution >= 0.6 is 0 Å². The quantitative estimate of drug-likeness (QED) is 0.702. The molecule has 0 bridgehead atoms. The SMILES string of the molecule is CC(C)Nc1ncc(C(N)=O)c(N[C@H]2CC[C@@H](C(=O)N3CCCC3)CC2)n1. The predicted octanol–water partition coefficient (Wildman–Crippen LogP) is 1.99. The second kappa shape index (κ2) is 8.54. The fraction of sp³-hybridized carbons (Fsp3) is 0.684. The van der Waals surface area contributed by atoms with Crippen molar-refractivity contribution >= 4 is 23.6 Å². The Labute approximate surface area is 160 Å². The third kappa shape index (κ3) is 4.87. The van der Waals surface area contributed by atoms with Crippen LogP contribution in [0.1, 0.15) is 62.7 Å². The standard InChI is InChI=1S/C19H30N6O2/c1-12(2)22-19-21-11-15(16(20)26)17(24-19)23-14-7-5-13(6-8-14)18(27)25-9-3-4-10-25/h11-14H,3-10H2,1-2H3,(H2,20,26)(H2,21,22,23,24)/t13-,14+. The molecule has 4 N–H and O–H groups in total. The average Bonchev–Trinajstić information content (AvgIpc) is 3.16. The molecule has 3 rings (SSSR count). The summed E-state index contributed by atoms with van der Waals surface area (Å²) in [5.41, 5.74) is 5.76. The maximum Gasteiger partial charge on any atom is 0.254 e. The van der Waals surface area contributed by atoms with E-state index < -0.39 is 5.91 Å². The van der Waals surface area contributed by atoms with Crippen molar-refractivity contribution in [3.05, 3.63) is 11.8 Å². The van der Waals surface area contributed by atoms with Gasteiger partial charge in [-0.3, -0.25) is 9.59 Å². The fourth-order valence-corrected chi connectivity index (χ4v) is 3.87. The van der Waals surface area contributed by atoms with E-state index in [4.69, 9.17) is 5.73 Å². The highest BCUT2D eigenvalue weighted by Gasteiger charge is 2.31. The Balaban J connectivity index is 1.62. The number of hydrogen-bond acceptors (Lipinski definition) is 6. The highest BCUT2D eigenvalue weighted by atomic mass is 16.2. The molecule has 2 aliphatic rings. The van der Waals surface area contributed by atoms with Crippen LogP contribution in [0.4, 0.5) is 11.8 Å². The number of carbonyl (C=O) groups excluding carboxylic acids is 2. The molecule has 1 aromatic heterocycles. The summed E-state index contributed by atoms with van der Waals surface area (Å²) in [6.07, 6.45) is 7.18. The lowest BCUT2D eigenvalue weighted by Gasteiger charge is -2.31. The van der Waals surface area contributed by atoms with Gasteiger partial charge in [-0.2, -0.15) is 4.98 Å². The van der Waals surface area contributed by atoms with Crippen molar-refractivity contribution in [3.63, 3.8) is 0 Å². The van der Waals surface area contributed by atoms with Crippen molar-refractivity contribution in [1.29, 1.82) is 0 Å². The highest BCUT2D eigenvalue weighted by molar-refractivity contribution is 5.97. The number of likely N-dealkylation sites (tertiary alicyclic amines) is 1. The molecule has 1 saturated carbocycles. The zero-order chi connectivity index (χ0) is 19.4. The maximum atomic E-state index is 12.6. The van der Waals surface area contributed by atoms with E-state index in [1.165, 1.54) is 6.20 Å². The molecule has 0 aromatic carbocycles. The summed E-state index contributed by atoms with van der Waals surface area (Å²) in [7, 11) is 0. The van der Waals surface area contributed by atoms with Gasteiger partial charge in [0, 0.05) is 37.3 Å². The van der Waals surface area contributed by atoms with E-state index >= 15 is 0 Å². The monoisotopic (exact) mass is 374 g/mol. The summed E-state index contributed by atoms with van der Waals surface area (Å²) in [6.45, 7) is 5.81. The first-order valence-electron chi connectivity index (χ1n) is 9.92. The Morgan fingerprint density at radius 1 is 1.19 bits per heavy atom. The van der Waals surface area contributed by atoms with Crippen LogP contribution < -0.4 is 16.4 Å². The molecule has 2 amide bonds. The summed E-state index contributed by atoms with van der Waals surface area (Å²) >= 11 is 0. The summed E-state index contributed by atoms with van der Waals surface area (Å²) < 4.78 is 0. The van der Waals surface area contributed by atoms with E-state index in [1.807, 2.05) is 18.7 Å². The molecule has 0 unspecified atom stereocenters. The lowest BCUT2D eigenvalue weighted by atomic mass is 9.85. The van der Waals surface area contributed by atoms with Gasteiger partial charge in [-0.25, -0.2) is 4.98 Å². The van der Waals surface area contributed by atoms with Crippen molar-refractivity contribution < 1.29 is 9.59 Å². The Morgan fingerprint density at radius 2 is 1.85 bits per heavy atom. The summed E-state index contributed by atoms with van der Waals surface area (Å²) in [4.78, 5) is 34.9. The van der Waals surface area contributed by atoms with Gasteiger partial charge in [0.15, 0.2) is 0 Å². The van der Waals surface area contributed by atoms with Gasteiger partial charge in [-0.15, -0.1) is 0 Å². The maximum absolute atomic E-state index is 12.6. The van der Waals surface area contributed by atoms with E-state index in [9.17, 15) is 9.59 Å². The molecule has 1 saturated heterocycles. The van der Waals surface area contributed by atoms with Crippen molar-refractivity contribution in [3.8, 4) is 0 Å². The van der Waals surface area contributed by atoms with Gasteiger partial charge >= 0.3 is 0 Å². The number of anilines is 2. The molecular formula is C19H30N6O2. The fourth-order valence-electron chi connectivity index (χ4n) is 3.87. The first-order valence-corrected chi connectivity index (χ1v) is 9.92. The number of amides is 2. The second-order valence-electron chi connectivity index (χ2n) is 7.84. The van der Waals surface area contributed by atoms with Crippen LogP contribution in [0, 0.1) is 5.92 Å². The summed E-state index contributed by atoms with van der Waals surface area (Å²) in [6, 6.07) is 0.358. The van der Waals surface area contributed by atoms with Crippen molar-refractivity contribution in [1.82, 2.24) is 14.9 Å². The zero-order valence-electron chi connectivity index (χ0n) is 16.2. The van der Waals surface area contributed by atoms with Crippen LogP contribution in [0.2, 0.25) is 0 Å². The lowest BCUT2D eigenvalue weighted by Crippen LogP contribution is -2.38. The molecule has 1 aliphatic carbocycles. The van der Waals surface area contributed by atoms with Crippen molar-refractivity contribution in [2.75, 3.05) is 23.7 Å². The minimum Gasteiger partial charge on any atom is -0.367 e. The number of nitrogens with one attached hydrogen (secondary N) is 2. The van der Waals surface area contributed by atoms with Gasteiger partial charge in [0.25, 0.3) is 5.91 Å². The molecule has 2 heterocycles. The smallest absolute Gasteiger partial charge is 0.254 e. The van der Waals surface area contributed by atoms with Gasteiger partial charge in [-0.05, 0) is 52.4 Å². The van der Waals surface area contributed by atoms with Crippen LogP contribution in [0.15, 0.2) is 6.20 Å². The Morgan fingerprint density at radius 3 is 2.44 bits per heavy atom. The summed E-state index contributed by atoms with van der Waals surface area (Å²) in [5, 5.41) is 6.49. The number of primary amides is 1. The summed E-state index contributed by atoms with van der Waals surface area (Å²) in [5.74, 6) is 0.825. The normalized spacial score (nSPS) is 22.7. The first kappa shape index (κ1) is 19.4. The van der Waals surface area contributed by atoms with E-state index in [1.54, 1.807) is 0 Å². The van der Waals surface area contributed by atoms with E-state index in [-0.39, 0.29) is 18.0 Å². The first-order chi connectivity index (χ1) is 12.9. The number of aromatic nitrogens is 2. The van der Waals surface area contributed by atoms with Crippen LogP contribution in [0.25, 0.3) is 0 Å². The molecule has 0 radical (unpaired) electrons. The van der Waals surface area contributed by atoms with Gasteiger partial charge in [0.1, 0.15) is 5.82 Å². The van der Waals surface area contributed by atoms with E-state index in [0.717, 1.165) is 51.6 Å². The number of hydrogen-bond donors (Lipinski definition) is 3. The van der Waals surface area contributed by atoms with Crippen molar-refractivity contribution in [2.24, 2.45) is 11.7 Å². The lowest BCUT2D eigenvalue weighted by molar-refractivity contribution is -0.135. The topological polar surface area (TPSA) is 113 Å². The van der Waals surface area contributed by atoms with Gasteiger partial charge < -0.3 is 21.3 Å². The number of rotatable bonds is 6. The molecule has 1 aromatic rings. The third-order valence-corrected chi connectivity index (χ3v) is 5.31. The van der Waals surface area contributed by atoms with Gasteiger partial charge in [-0.1, -0.05) is 0 Å². The van der Waals surface area contributed by atoms with E-state index in [2.05, 4.69) is 20.6 Å². The average molecular weight is 374 g/mol. The Hall–Kier alpha value is -2.38. The van der Waals surface area contributed by atoms with Gasteiger partial charge in [0.2, 0.25) is 11.9 Å². The highest BCUT2D eigenvalue weighted by Crippen LogP contribution is 2.29. The van der Waals surface area contributed by atoms with E-state index in [0.29, 0.717) is 23.2 Å². The van der Waals surface area contributed by atoms with Crippen LogP contribution in [0.5, 0.6) is 0 Å². The molecule has 2 fully saturated rings. The predicted molar refractivity (Wildman–Crippen MR) is 104 cm³/mol. The molecule has 148 valence electrons. The number of nitrogens with zero attached hydrogens (tertiary/aromatic N) is 3. The zero-order valence-corrected chi connectivity index (χ0v) is 16.2.